The molecule has 1 aromatic heterocycles. The normalized spacial score (nSPS) is 24.8. The molecule has 0 radical (unpaired) electrons. The van der Waals surface area contributed by atoms with Gasteiger partial charge in [-0.05, 0) is 18.8 Å². The summed E-state index contributed by atoms with van der Waals surface area (Å²) in [5, 5.41) is 3.96. The lowest BCUT2D eigenvalue weighted by atomic mass is 10.2. The number of rotatable bonds is 3. The van der Waals surface area contributed by atoms with E-state index >= 15 is 0 Å². The van der Waals surface area contributed by atoms with Gasteiger partial charge in [0.1, 0.15) is 17.3 Å². The molecule has 0 aliphatic heterocycles. The van der Waals surface area contributed by atoms with E-state index in [1.165, 1.54) is 12.7 Å². The van der Waals surface area contributed by atoms with Crippen LogP contribution in [0.1, 0.15) is 25.8 Å². The van der Waals surface area contributed by atoms with Crippen LogP contribution in [0.4, 0.5) is 5.82 Å². The smallest absolute Gasteiger partial charge is 0.137 e. The molecular weight excluding hydrogens is 198 g/mol. The second kappa shape index (κ2) is 3.73. The number of nitrogens with zero attached hydrogens (tertiary/aromatic N) is 2. The van der Waals surface area contributed by atoms with E-state index in [-0.39, 0.29) is 0 Å². The van der Waals surface area contributed by atoms with Crippen molar-refractivity contribution in [2.45, 2.75) is 32.7 Å². The molecule has 1 N–H and O–H groups in total. The molecule has 14 heavy (non-hydrogen) atoms. The molecular formula is C10H14ClN3. The molecule has 0 spiro atoms. The van der Waals surface area contributed by atoms with Gasteiger partial charge in [0, 0.05) is 11.6 Å². The summed E-state index contributed by atoms with van der Waals surface area (Å²) in [7, 11) is 0. The molecule has 0 aromatic carbocycles. The Balaban J connectivity index is 2.19. The largest absolute Gasteiger partial charge is 0.367 e. The number of anilines is 1. The maximum absolute atomic E-state index is 5.98. The minimum absolute atomic E-state index is 0.568. The third-order valence-electron chi connectivity index (χ3n) is 2.68. The molecule has 3 nitrogen and oxygen atoms in total. The predicted molar refractivity (Wildman–Crippen MR) is 57.6 cm³/mol. The fraction of sp³-hybridized carbons (Fsp3) is 0.600. The minimum atomic E-state index is 0.568. The molecule has 76 valence electrons. The van der Waals surface area contributed by atoms with Crippen molar-refractivity contribution in [2.75, 3.05) is 5.32 Å². The second-order valence-corrected chi connectivity index (χ2v) is 4.17. The molecule has 0 bridgehead atoms. The SMILES string of the molecule is CCc1c(Cl)ncnc1NC1CC1C. The molecule has 1 heterocycles. The van der Waals surface area contributed by atoms with Gasteiger partial charge in [0.2, 0.25) is 0 Å². The Kier molecular flexibility index (Phi) is 2.59. The van der Waals surface area contributed by atoms with Gasteiger partial charge in [-0.3, -0.25) is 0 Å². The van der Waals surface area contributed by atoms with E-state index in [4.69, 9.17) is 11.6 Å². The van der Waals surface area contributed by atoms with Crippen LogP contribution in [0.3, 0.4) is 0 Å². The molecule has 1 saturated carbocycles. The number of aromatic nitrogens is 2. The highest BCUT2D eigenvalue weighted by Gasteiger charge is 2.33. The van der Waals surface area contributed by atoms with Crippen LogP contribution in [0.2, 0.25) is 5.15 Å². The van der Waals surface area contributed by atoms with Crippen molar-refractivity contribution in [3.63, 3.8) is 0 Å². The summed E-state index contributed by atoms with van der Waals surface area (Å²) in [5.74, 6) is 1.66. The molecule has 0 amide bonds. The van der Waals surface area contributed by atoms with Crippen LogP contribution >= 0.6 is 11.6 Å². The summed E-state index contributed by atoms with van der Waals surface area (Å²) in [5.41, 5.74) is 1.02. The predicted octanol–water partition coefficient (Wildman–Crippen LogP) is 2.51. The third-order valence-corrected chi connectivity index (χ3v) is 3.00. The summed E-state index contributed by atoms with van der Waals surface area (Å²) in [4.78, 5) is 8.19. The Hall–Kier alpha value is -0.830. The van der Waals surface area contributed by atoms with Gasteiger partial charge in [0.25, 0.3) is 0 Å². The van der Waals surface area contributed by atoms with E-state index in [1.54, 1.807) is 0 Å². The Morgan fingerprint density at radius 1 is 1.57 bits per heavy atom. The van der Waals surface area contributed by atoms with Crippen molar-refractivity contribution in [3.8, 4) is 0 Å². The van der Waals surface area contributed by atoms with E-state index in [9.17, 15) is 0 Å². The van der Waals surface area contributed by atoms with Gasteiger partial charge < -0.3 is 5.32 Å². The van der Waals surface area contributed by atoms with E-state index < -0.39 is 0 Å². The van der Waals surface area contributed by atoms with Gasteiger partial charge in [-0.25, -0.2) is 9.97 Å². The van der Waals surface area contributed by atoms with Crippen LogP contribution < -0.4 is 5.32 Å². The number of halogens is 1. The molecule has 1 aliphatic carbocycles. The van der Waals surface area contributed by atoms with Gasteiger partial charge in [-0.15, -0.1) is 0 Å². The van der Waals surface area contributed by atoms with Crippen LogP contribution in [-0.2, 0) is 6.42 Å². The number of nitrogens with one attached hydrogen (secondary N) is 1. The fourth-order valence-electron chi connectivity index (χ4n) is 1.53. The Morgan fingerprint density at radius 3 is 2.86 bits per heavy atom. The molecule has 4 heteroatoms. The summed E-state index contributed by atoms with van der Waals surface area (Å²) in [6.45, 7) is 4.29. The lowest BCUT2D eigenvalue weighted by Gasteiger charge is -2.09. The van der Waals surface area contributed by atoms with E-state index in [1.807, 2.05) is 0 Å². The van der Waals surface area contributed by atoms with Crippen LogP contribution in [-0.4, -0.2) is 16.0 Å². The second-order valence-electron chi connectivity index (χ2n) is 3.81. The summed E-state index contributed by atoms with van der Waals surface area (Å²) >= 11 is 5.98. The zero-order chi connectivity index (χ0) is 10.1. The molecule has 1 aromatic rings. The summed E-state index contributed by atoms with van der Waals surface area (Å²) in [6.07, 6.45) is 3.60. The molecule has 2 rings (SSSR count). The first-order chi connectivity index (χ1) is 6.72. The van der Waals surface area contributed by atoms with Crippen molar-refractivity contribution in [1.29, 1.82) is 0 Å². The fourth-order valence-corrected chi connectivity index (χ4v) is 1.79. The molecule has 2 atom stereocenters. The lowest BCUT2D eigenvalue weighted by molar-refractivity contribution is 0.914. The summed E-state index contributed by atoms with van der Waals surface area (Å²) in [6, 6.07) is 0.575. The summed E-state index contributed by atoms with van der Waals surface area (Å²) < 4.78 is 0. The zero-order valence-corrected chi connectivity index (χ0v) is 9.17. The molecule has 1 fully saturated rings. The zero-order valence-electron chi connectivity index (χ0n) is 8.42. The van der Waals surface area contributed by atoms with Crippen LogP contribution in [0.15, 0.2) is 6.33 Å². The quantitative estimate of drug-likeness (QED) is 0.781. The van der Waals surface area contributed by atoms with Crippen LogP contribution in [0.25, 0.3) is 0 Å². The molecule has 2 unspecified atom stereocenters. The van der Waals surface area contributed by atoms with E-state index in [0.717, 1.165) is 23.7 Å². The average Bonchev–Trinajstić information content (AvgIpc) is 2.82. The van der Waals surface area contributed by atoms with Gasteiger partial charge in [-0.2, -0.15) is 0 Å². The van der Waals surface area contributed by atoms with Gasteiger partial charge in [-0.1, -0.05) is 25.4 Å². The van der Waals surface area contributed by atoms with Crippen molar-refractivity contribution in [2.24, 2.45) is 5.92 Å². The van der Waals surface area contributed by atoms with Crippen molar-refractivity contribution >= 4 is 17.4 Å². The number of hydrogen-bond donors (Lipinski definition) is 1. The van der Waals surface area contributed by atoms with Crippen molar-refractivity contribution in [1.82, 2.24) is 9.97 Å². The highest BCUT2D eigenvalue weighted by atomic mass is 35.5. The monoisotopic (exact) mass is 211 g/mol. The number of hydrogen-bond acceptors (Lipinski definition) is 3. The minimum Gasteiger partial charge on any atom is -0.367 e. The van der Waals surface area contributed by atoms with Crippen LogP contribution in [0.5, 0.6) is 0 Å². The van der Waals surface area contributed by atoms with Crippen molar-refractivity contribution < 1.29 is 0 Å². The standard InChI is InChI=1S/C10H14ClN3/c1-3-7-9(11)12-5-13-10(7)14-8-4-6(8)2/h5-6,8H,3-4H2,1-2H3,(H,12,13,14). The van der Waals surface area contributed by atoms with Crippen LogP contribution in [0, 0.1) is 5.92 Å². The Morgan fingerprint density at radius 2 is 2.29 bits per heavy atom. The third kappa shape index (κ3) is 1.82. The lowest BCUT2D eigenvalue weighted by Crippen LogP contribution is -2.08. The van der Waals surface area contributed by atoms with E-state index in [0.29, 0.717) is 11.2 Å². The first-order valence-corrected chi connectivity index (χ1v) is 5.36. The Labute approximate surface area is 88.9 Å². The average molecular weight is 212 g/mol. The maximum Gasteiger partial charge on any atom is 0.137 e. The maximum atomic E-state index is 5.98. The highest BCUT2D eigenvalue weighted by Crippen LogP contribution is 2.33. The Bertz CT molecular complexity index is 340. The topological polar surface area (TPSA) is 37.8 Å². The van der Waals surface area contributed by atoms with Gasteiger partial charge in [0.05, 0.1) is 0 Å². The highest BCUT2D eigenvalue weighted by molar-refractivity contribution is 6.30. The molecule has 0 saturated heterocycles. The van der Waals surface area contributed by atoms with Gasteiger partial charge in [0.15, 0.2) is 0 Å². The molecule has 1 aliphatic rings. The first-order valence-electron chi connectivity index (χ1n) is 4.98. The first kappa shape index (κ1) is 9.71. The van der Waals surface area contributed by atoms with Gasteiger partial charge >= 0.3 is 0 Å². The van der Waals surface area contributed by atoms with Crippen molar-refractivity contribution in [3.05, 3.63) is 17.0 Å². The van der Waals surface area contributed by atoms with E-state index in [2.05, 4.69) is 29.1 Å².